The van der Waals surface area contributed by atoms with Gasteiger partial charge in [-0.25, -0.2) is 0 Å². The van der Waals surface area contributed by atoms with E-state index in [4.69, 9.17) is 21.1 Å². The SMILES string of the molecule is COc1ccc(/C=C/C(=O)Nc2c(C)nn(Cc3cccc(Cl)c3)c2C)cc1COc1cccc(C)c1. The molecule has 0 aliphatic heterocycles. The molecule has 0 atom stereocenters. The Morgan fingerprint density at radius 1 is 1.05 bits per heavy atom. The minimum atomic E-state index is -0.234. The highest BCUT2D eigenvalue weighted by Gasteiger charge is 2.14. The highest BCUT2D eigenvalue weighted by molar-refractivity contribution is 6.30. The lowest BCUT2D eigenvalue weighted by atomic mass is 10.1. The van der Waals surface area contributed by atoms with E-state index in [0.717, 1.165) is 45.1 Å². The van der Waals surface area contributed by atoms with E-state index >= 15 is 0 Å². The van der Waals surface area contributed by atoms with E-state index in [0.29, 0.717) is 23.9 Å². The third-order valence-corrected chi connectivity index (χ3v) is 6.20. The molecule has 0 aliphatic carbocycles. The molecule has 1 aromatic heterocycles. The zero-order valence-corrected chi connectivity index (χ0v) is 22.2. The van der Waals surface area contributed by atoms with Gasteiger partial charge in [0.2, 0.25) is 5.91 Å². The lowest BCUT2D eigenvalue weighted by Gasteiger charge is -2.11. The molecule has 0 fully saturated rings. The fourth-order valence-corrected chi connectivity index (χ4v) is 4.27. The summed E-state index contributed by atoms with van der Waals surface area (Å²) in [5.74, 6) is 1.29. The minimum Gasteiger partial charge on any atom is -0.496 e. The van der Waals surface area contributed by atoms with Gasteiger partial charge < -0.3 is 14.8 Å². The quantitative estimate of drug-likeness (QED) is 0.250. The van der Waals surface area contributed by atoms with Gasteiger partial charge in [-0.3, -0.25) is 9.48 Å². The molecule has 4 rings (SSSR count). The molecule has 4 aromatic rings. The number of anilines is 1. The van der Waals surface area contributed by atoms with Crippen molar-refractivity contribution >= 4 is 29.3 Å². The minimum absolute atomic E-state index is 0.234. The maximum atomic E-state index is 12.8. The molecule has 37 heavy (non-hydrogen) atoms. The Bertz CT molecular complexity index is 1440. The first-order valence-corrected chi connectivity index (χ1v) is 12.3. The van der Waals surface area contributed by atoms with E-state index in [2.05, 4.69) is 10.4 Å². The lowest BCUT2D eigenvalue weighted by molar-refractivity contribution is -0.111. The van der Waals surface area contributed by atoms with E-state index in [1.54, 1.807) is 13.2 Å². The third kappa shape index (κ3) is 6.80. The molecule has 1 N–H and O–H groups in total. The number of hydrogen-bond acceptors (Lipinski definition) is 4. The average Bonchev–Trinajstić information content (AvgIpc) is 3.13. The summed E-state index contributed by atoms with van der Waals surface area (Å²) in [4.78, 5) is 12.8. The first kappa shape index (κ1) is 26.0. The summed E-state index contributed by atoms with van der Waals surface area (Å²) in [5.41, 5.74) is 6.26. The van der Waals surface area contributed by atoms with Gasteiger partial charge in [-0.15, -0.1) is 0 Å². The zero-order chi connectivity index (χ0) is 26.4. The molecule has 0 spiro atoms. The number of benzene rings is 3. The normalized spacial score (nSPS) is 11.1. The number of aryl methyl sites for hydroxylation is 2. The summed E-state index contributed by atoms with van der Waals surface area (Å²) in [6, 6.07) is 21.3. The summed E-state index contributed by atoms with van der Waals surface area (Å²) in [6.45, 7) is 6.76. The Morgan fingerprint density at radius 3 is 2.62 bits per heavy atom. The van der Waals surface area contributed by atoms with Crippen LogP contribution in [0.5, 0.6) is 11.5 Å². The van der Waals surface area contributed by atoms with E-state index in [1.807, 2.05) is 92.2 Å². The number of nitrogens with one attached hydrogen (secondary N) is 1. The summed E-state index contributed by atoms with van der Waals surface area (Å²) >= 11 is 6.11. The van der Waals surface area contributed by atoms with Crippen LogP contribution in [0.15, 0.2) is 72.8 Å². The molecule has 190 valence electrons. The largest absolute Gasteiger partial charge is 0.496 e. The second-order valence-corrected chi connectivity index (χ2v) is 9.27. The van der Waals surface area contributed by atoms with Crippen LogP contribution in [0.25, 0.3) is 6.08 Å². The van der Waals surface area contributed by atoms with Crippen LogP contribution in [0.2, 0.25) is 5.02 Å². The van der Waals surface area contributed by atoms with E-state index in [1.165, 1.54) is 6.08 Å². The Kier molecular flexibility index (Phi) is 8.31. The standard InChI is InChI=1S/C30H30ClN3O3/c1-20-7-5-10-27(15-20)37-19-25-16-23(11-13-28(25)36-4)12-14-29(35)32-30-21(2)33-34(22(30)3)18-24-8-6-9-26(31)17-24/h5-17H,18-19H2,1-4H3,(H,32,35)/b14-12+. The van der Waals surface area contributed by atoms with Gasteiger partial charge in [0, 0.05) is 16.7 Å². The number of rotatable bonds is 9. The van der Waals surface area contributed by atoms with Crippen LogP contribution in [0, 0.1) is 20.8 Å². The molecule has 0 radical (unpaired) electrons. The van der Waals surface area contributed by atoms with Crippen molar-refractivity contribution in [1.29, 1.82) is 0 Å². The summed E-state index contributed by atoms with van der Waals surface area (Å²) in [7, 11) is 1.63. The van der Waals surface area contributed by atoms with Gasteiger partial charge in [-0.2, -0.15) is 5.10 Å². The second kappa shape index (κ2) is 11.8. The molecule has 0 saturated carbocycles. The van der Waals surface area contributed by atoms with E-state index < -0.39 is 0 Å². The van der Waals surface area contributed by atoms with Crippen molar-refractivity contribution in [3.05, 3.63) is 111 Å². The van der Waals surface area contributed by atoms with Gasteiger partial charge >= 0.3 is 0 Å². The van der Waals surface area contributed by atoms with Crippen LogP contribution in [-0.4, -0.2) is 22.8 Å². The topological polar surface area (TPSA) is 65.4 Å². The van der Waals surface area contributed by atoms with Gasteiger partial charge in [-0.1, -0.05) is 41.9 Å². The number of aromatic nitrogens is 2. The fraction of sp³-hybridized carbons (Fsp3) is 0.200. The molecule has 0 bridgehead atoms. The summed E-state index contributed by atoms with van der Waals surface area (Å²) in [5, 5.41) is 8.25. The monoisotopic (exact) mass is 515 g/mol. The van der Waals surface area contributed by atoms with Crippen LogP contribution >= 0.6 is 11.6 Å². The molecule has 0 unspecified atom stereocenters. The number of ether oxygens (including phenoxy) is 2. The molecule has 1 heterocycles. The average molecular weight is 516 g/mol. The van der Waals surface area contributed by atoms with Crippen molar-refractivity contribution in [2.75, 3.05) is 12.4 Å². The predicted octanol–water partition coefficient (Wildman–Crippen LogP) is 6.75. The summed E-state index contributed by atoms with van der Waals surface area (Å²) < 4.78 is 13.3. The summed E-state index contributed by atoms with van der Waals surface area (Å²) in [6.07, 6.45) is 3.28. The van der Waals surface area contributed by atoms with Gasteiger partial charge in [0.25, 0.3) is 0 Å². The molecule has 7 heteroatoms. The Morgan fingerprint density at radius 2 is 1.86 bits per heavy atom. The van der Waals surface area contributed by atoms with Crippen molar-refractivity contribution in [1.82, 2.24) is 9.78 Å². The predicted molar refractivity (Wildman–Crippen MR) is 148 cm³/mol. The maximum absolute atomic E-state index is 12.8. The number of halogens is 1. The first-order chi connectivity index (χ1) is 17.8. The number of carbonyl (C=O) groups is 1. The first-order valence-electron chi connectivity index (χ1n) is 12.0. The maximum Gasteiger partial charge on any atom is 0.248 e. The van der Waals surface area contributed by atoms with Gasteiger partial charge in [0.05, 0.1) is 30.7 Å². The molecule has 0 saturated heterocycles. The number of carbonyl (C=O) groups excluding carboxylic acids is 1. The van der Waals surface area contributed by atoms with Crippen LogP contribution in [-0.2, 0) is 17.9 Å². The van der Waals surface area contributed by atoms with Gasteiger partial charge in [0.15, 0.2) is 0 Å². The smallest absolute Gasteiger partial charge is 0.248 e. The zero-order valence-electron chi connectivity index (χ0n) is 21.4. The molecule has 3 aromatic carbocycles. The highest BCUT2D eigenvalue weighted by Crippen LogP contribution is 2.24. The van der Waals surface area contributed by atoms with Crippen LogP contribution in [0.3, 0.4) is 0 Å². The third-order valence-electron chi connectivity index (χ3n) is 5.97. The molecular formula is C30H30ClN3O3. The molecule has 6 nitrogen and oxygen atoms in total. The van der Waals surface area contributed by atoms with Crippen LogP contribution in [0.1, 0.15) is 33.6 Å². The lowest BCUT2D eigenvalue weighted by Crippen LogP contribution is -2.10. The van der Waals surface area contributed by atoms with Crippen molar-refractivity contribution in [2.45, 2.75) is 33.9 Å². The van der Waals surface area contributed by atoms with Crippen molar-refractivity contribution in [2.24, 2.45) is 0 Å². The number of nitrogens with zero attached hydrogens (tertiary/aromatic N) is 2. The molecule has 0 aliphatic rings. The molecular weight excluding hydrogens is 486 g/mol. The molecule has 1 amide bonds. The Hall–Kier alpha value is -4.03. The van der Waals surface area contributed by atoms with Crippen LogP contribution < -0.4 is 14.8 Å². The Labute approximate surface area is 222 Å². The van der Waals surface area contributed by atoms with Crippen molar-refractivity contribution in [3.8, 4) is 11.5 Å². The number of amides is 1. The van der Waals surface area contributed by atoms with Crippen molar-refractivity contribution in [3.63, 3.8) is 0 Å². The highest BCUT2D eigenvalue weighted by atomic mass is 35.5. The van der Waals surface area contributed by atoms with Crippen LogP contribution in [0.4, 0.5) is 5.69 Å². The number of hydrogen-bond donors (Lipinski definition) is 1. The van der Waals surface area contributed by atoms with Gasteiger partial charge in [-0.05, 0) is 79.9 Å². The second-order valence-electron chi connectivity index (χ2n) is 8.83. The fourth-order valence-electron chi connectivity index (χ4n) is 4.06. The van der Waals surface area contributed by atoms with E-state index in [-0.39, 0.29) is 5.91 Å². The van der Waals surface area contributed by atoms with Crippen molar-refractivity contribution < 1.29 is 14.3 Å². The van der Waals surface area contributed by atoms with E-state index in [9.17, 15) is 4.79 Å². The Balaban J connectivity index is 1.43. The number of methoxy groups -OCH3 is 1. The van der Waals surface area contributed by atoms with Gasteiger partial charge in [0.1, 0.15) is 18.1 Å².